The van der Waals surface area contributed by atoms with Crippen LogP contribution in [-0.2, 0) is 4.79 Å². The van der Waals surface area contributed by atoms with Gasteiger partial charge in [0.2, 0.25) is 5.91 Å². The minimum Gasteiger partial charge on any atom is -0.505 e. The molecule has 1 atom stereocenters. The normalized spacial score (nSPS) is 12.2. The molecule has 0 aliphatic rings. The van der Waals surface area contributed by atoms with Gasteiger partial charge in [-0.1, -0.05) is 6.92 Å². The molecule has 0 aliphatic carbocycles. The predicted octanol–water partition coefficient (Wildman–Crippen LogP) is 1.21. The highest BCUT2D eigenvalue weighted by Gasteiger charge is 2.11. The summed E-state index contributed by atoms with van der Waals surface area (Å²) < 4.78 is 12.9. The molecule has 1 rings (SSSR count). The molecular weight excluding hydrogens is 199 g/mol. The molecule has 0 fully saturated rings. The SMILES string of the molecule is CC[C@H](N)C(=O)Nc1ccc(O)c(F)c1. The first-order valence-corrected chi connectivity index (χ1v) is 4.59. The Labute approximate surface area is 86.9 Å². The minimum atomic E-state index is -0.780. The molecule has 0 aromatic heterocycles. The number of amides is 1. The van der Waals surface area contributed by atoms with E-state index >= 15 is 0 Å². The van der Waals surface area contributed by atoms with Crippen LogP contribution in [-0.4, -0.2) is 17.1 Å². The van der Waals surface area contributed by atoms with Crippen molar-refractivity contribution in [1.29, 1.82) is 0 Å². The molecule has 0 radical (unpaired) electrons. The van der Waals surface area contributed by atoms with E-state index in [1.807, 2.05) is 0 Å². The summed E-state index contributed by atoms with van der Waals surface area (Å²) in [7, 11) is 0. The smallest absolute Gasteiger partial charge is 0.241 e. The fraction of sp³-hybridized carbons (Fsp3) is 0.300. The van der Waals surface area contributed by atoms with Gasteiger partial charge in [0.05, 0.1) is 6.04 Å². The van der Waals surface area contributed by atoms with Crippen molar-refractivity contribution in [3.63, 3.8) is 0 Å². The van der Waals surface area contributed by atoms with Crippen LogP contribution < -0.4 is 11.1 Å². The summed E-state index contributed by atoms with van der Waals surface area (Å²) in [5.41, 5.74) is 5.75. The summed E-state index contributed by atoms with van der Waals surface area (Å²) in [6, 6.07) is 3.00. The Morgan fingerprint density at radius 2 is 2.33 bits per heavy atom. The highest BCUT2D eigenvalue weighted by atomic mass is 19.1. The number of nitrogens with two attached hydrogens (primary N) is 1. The zero-order valence-electron chi connectivity index (χ0n) is 8.33. The van der Waals surface area contributed by atoms with E-state index in [1.54, 1.807) is 6.92 Å². The van der Waals surface area contributed by atoms with E-state index in [4.69, 9.17) is 10.8 Å². The molecule has 82 valence electrons. The van der Waals surface area contributed by atoms with Crippen molar-refractivity contribution in [2.45, 2.75) is 19.4 Å². The van der Waals surface area contributed by atoms with Crippen LogP contribution in [0.2, 0.25) is 0 Å². The van der Waals surface area contributed by atoms with E-state index in [0.29, 0.717) is 6.42 Å². The lowest BCUT2D eigenvalue weighted by molar-refractivity contribution is -0.117. The number of carbonyl (C=O) groups is 1. The zero-order chi connectivity index (χ0) is 11.4. The van der Waals surface area contributed by atoms with Gasteiger partial charge in [-0.05, 0) is 18.6 Å². The Hall–Kier alpha value is -1.62. The molecule has 0 saturated carbocycles. The van der Waals surface area contributed by atoms with Gasteiger partial charge in [-0.3, -0.25) is 4.79 Å². The number of hydrogen-bond donors (Lipinski definition) is 3. The minimum absolute atomic E-state index is 0.277. The molecule has 5 heteroatoms. The maximum absolute atomic E-state index is 12.9. The number of anilines is 1. The Bertz CT molecular complexity index is 368. The van der Waals surface area contributed by atoms with Gasteiger partial charge in [-0.2, -0.15) is 0 Å². The number of halogens is 1. The summed E-state index contributed by atoms with van der Waals surface area (Å²) in [4.78, 5) is 11.3. The topological polar surface area (TPSA) is 75.4 Å². The first kappa shape index (κ1) is 11.5. The quantitative estimate of drug-likeness (QED) is 0.659. The van der Waals surface area contributed by atoms with Crippen LogP contribution in [0.3, 0.4) is 0 Å². The molecule has 0 unspecified atom stereocenters. The predicted molar refractivity (Wildman–Crippen MR) is 55.0 cm³/mol. The summed E-state index contributed by atoms with van der Waals surface area (Å²) in [6.07, 6.45) is 0.506. The van der Waals surface area contributed by atoms with Crippen LogP contribution in [0.15, 0.2) is 18.2 Å². The summed E-state index contributed by atoms with van der Waals surface area (Å²) in [5, 5.41) is 11.4. The first-order valence-electron chi connectivity index (χ1n) is 4.59. The van der Waals surface area contributed by atoms with Crippen LogP contribution >= 0.6 is 0 Å². The highest BCUT2D eigenvalue weighted by molar-refractivity contribution is 5.94. The zero-order valence-corrected chi connectivity index (χ0v) is 8.33. The number of benzene rings is 1. The molecular formula is C10H13FN2O2. The maximum atomic E-state index is 12.9. The molecule has 0 bridgehead atoms. The van der Waals surface area contributed by atoms with Gasteiger partial charge >= 0.3 is 0 Å². The van der Waals surface area contributed by atoms with Crippen molar-refractivity contribution in [2.75, 3.05) is 5.32 Å². The molecule has 4 nitrogen and oxygen atoms in total. The molecule has 0 saturated heterocycles. The average Bonchev–Trinajstić information content (AvgIpc) is 2.22. The molecule has 1 aromatic carbocycles. The van der Waals surface area contributed by atoms with Gasteiger partial charge in [-0.15, -0.1) is 0 Å². The third-order valence-electron chi connectivity index (χ3n) is 1.99. The second-order valence-corrected chi connectivity index (χ2v) is 3.17. The van der Waals surface area contributed by atoms with Crippen LogP contribution in [0.5, 0.6) is 5.75 Å². The van der Waals surface area contributed by atoms with E-state index in [-0.39, 0.29) is 11.6 Å². The number of phenols is 1. The van der Waals surface area contributed by atoms with E-state index < -0.39 is 17.6 Å². The van der Waals surface area contributed by atoms with Crippen LogP contribution in [0, 0.1) is 5.82 Å². The van der Waals surface area contributed by atoms with Crippen LogP contribution in [0.1, 0.15) is 13.3 Å². The monoisotopic (exact) mass is 212 g/mol. The highest BCUT2D eigenvalue weighted by Crippen LogP contribution is 2.19. The van der Waals surface area contributed by atoms with Crippen molar-refractivity contribution >= 4 is 11.6 Å². The first-order chi connectivity index (χ1) is 7.04. The number of aromatic hydroxyl groups is 1. The average molecular weight is 212 g/mol. The van der Waals surface area contributed by atoms with Gasteiger partial charge in [0.15, 0.2) is 11.6 Å². The fourth-order valence-corrected chi connectivity index (χ4v) is 1.01. The molecule has 0 heterocycles. The Morgan fingerprint density at radius 3 is 2.87 bits per heavy atom. The summed E-state index contributed by atoms with van der Waals surface area (Å²) in [5.74, 6) is -1.60. The van der Waals surface area contributed by atoms with Crippen molar-refractivity contribution in [2.24, 2.45) is 5.73 Å². The largest absolute Gasteiger partial charge is 0.505 e. The summed E-state index contributed by atoms with van der Waals surface area (Å²) in [6.45, 7) is 1.78. The molecule has 1 aromatic rings. The van der Waals surface area contributed by atoms with Crippen LogP contribution in [0.4, 0.5) is 10.1 Å². The Morgan fingerprint density at radius 1 is 1.67 bits per heavy atom. The molecule has 1 amide bonds. The van der Waals surface area contributed by atoms with Gasteiger partial charge in [0, 0.05) is 11.8 Å². The fourth-order valence-electron chi connectivity index (χ4n) is 1.01. The van der Waals surface area contributed by atoms with Gasteiger partial charge < -0.3 is 16.2 Å². The van der Waals surface area contributed by atoms with Crippen molar-refractivity contribution in [3.8, 4) is 5.75 Å². The lowest BCUT2D eigenvalue weighted by Crippen LogP contribution is -2.34. The number of carbonyl (C=O) groups excluding carboxylic acids is 1. The number of hydrogen-bond acceptors (Lipinski definition) is 3. The van der Waals surface area contributed by atoms with Gasteiger partial charge in [0.1, 0.15) is 0 Å². The van der Waals surface area contributed by atoms with Crippen molar-refractivity contribution in [1.82, 2.24) is 0 Å². The van der Waals surface area contributed by atoms with E-state index in [2.05, 4.69) is 5.32 Å². The lowest BCUT2D eigenvalue weighted by Gasteiger charge is -2.10. The van der Waals surface area contributed by atoms with Crippen LogP contribution in [0.25, 0.3) is 0 Å². The molecule has 4 N–H and O–H groups in total. The van der Waals surface area contributed by atoms with Crippen molar-refractivity contribution < 1.29 is 14.3 Å². The third-order valence-corrected chi connectivity index (χ3v) is 1.99. The second-order valence-electron chi connectivity index (χ2n) is 3.17. The van der Waals surface area contributed by atoms with E-state index in [0.717, 1.165) is 6.07 Å². The lowest BCUT2D eigenvalue weighted by atomic mass is 10.2. The van der Waals surface area contributed by atoms with Crippen molar-refractivity contribution in [3.05, 3.63) is 24.0 Å². The third kappa shape index (κ3) is 2.92. The summed E-state index contributed by atoms with van der Waals surface area (Å²) >= 11 is 0. The number of phenolic OH excluding ortho intramolecular Hbond substituents is 1. The van der Waals surface area contributed by atoms with E-state index in [1.165, 1.54) is 12.1 Å². The molecule has 0 aliphatic heterocycles. The molecule has 0 spiro atoms. The van der Waals surface area contributed by atoms with Gasteiger partial charge in [0.25, 0.3) is 0 Å². The Kier molecular flexibility index (Phi) is 3.62. The molecule has 15 heavy (non-hydrogen) atoms. The number of rotatable bonds is 3. The van der Waals surface area contributed by atoms with Gasteiger partial charge in [-0.25, -0.2) is 4.39 Å². The van der Waals surface area contributed by atoms with E-state index in [9.17, 15) is 9.18 Å². The second kappa shape index (κ2) is 4.75. The Balaban J connectivity index is 2.73. The number of nitrogens with one attached hydrogen (secondary N) is 1. The standard InChI is InChI=1S/C10H13FN2O2/c1-2-8(12)10(15)13-6-3-4-9(14)7(11)5-6/h3-5,8,14H,2,12H2,1H3,(H,13,15)/t8-/m0/s1. The maximum Gasteiger partial charge on any atom is 0.241 e.